The third-order valence-electron chi connectivity index (χ3n) is 11.0. The Hall–Kier alpha value is -2.89. The molecule has 0 amide bonds. The Balaban J connectivity index is 4.45. The highest BCUT2D eigenvalue weighted by atomic mass is 16.6. The summed E-state index contributed by atoms with van der Waals surface area (Å²) in [6, 6.07) is 0. The second-order valence-electron chi connectivity index (χ2n) is 17.1. The largest absolute Gasteiger partial charge is 0.462 e. The van der Waals surface area contributed by atoms with Gasteiger partial charge in [0.15, 0.2) is 6.10 Å². The number of hydrogen-bond acceptors (Lipinski definition) is 6. The van der Waals surface area contributed by atoms with Crippen LogP contribution in [0.5, 0.6) is 0 Å². The summed E-state index contributed by atoms with van der Waals surface area (Å²) in [4.78, 5) is 37.9. The van der Waals surface area contributed by atoms with Crippen molar-refractivity contribution in [3.8, 4) is 0 Å². The Bertz CT molecular complexity index is 1120. The van der Waals surface area contributed by atoms with Crippen LogP contribution < -0.4 is 0 Å². The second kappa shape index (κ2) is 49.8. The maximum absolute atomic E-state index is 12.8. The molecular weight excluding hydrogens is 757 g/mol. The van der Waals surface area contributed by atoms with Crippen LogP contribution in [0.1, 0.15) is 252 Å². The molecule has 0 saturated heterocycles. The number of esters is 3. The molecule has 0 aliphatic heterocycles. The third kappa shape index (κ3) is 48.0. The van der Waals surface area contributed by atoms with Gasteiger partial charge in [0.25, 0.3) is 0 Å². The molecule has 6 heteroatoms. The number of unbranched alkanes of at least 4 members (excludes halogenated alkanes) is 25. The van der Waals surface area contributed by atoms with Crippen molar-refractivity contribution in [2.24, 2.45) is 0 Å². The first-order chi connectivity index (χ1) is 30.0. The summed E-state index contributed by atoms with van der Waals surface area (Å²) in [5.41, 5.74) is 0. The van der Waals surface area contributed by atoms with Gasteiger partial charge in [-0.25, -0.2) is 0 Å². The highest BCUT2D eigenvalue weighted by Gasteiger charge is 2.19. The number of carbonyl (C=O) groups is 3. The number of rotatable bonds is 46. The summed E-state index contributed by atoms with van der Waals surface area (Å²) in [5, 5.41) is 0. The molecule has 0 aliphatic carbocycles. The fraction of sp³-hybridized carbons (Fsp3) is 0.764. The van der Waals surface area contributed by atoms with E-state index in [-0.39, 0.29) is 37.5 Å². The lowest BCUT2D eigenvalue weighted by Gasteiger charge is -2.18. The van der Waals surface area contributed by atoms with Crippen LogP contribution >= 0.6 is 0 Å². The SMILES string of the molecule is CCCC/C=C\CCCCCCCC(=O)OC[C@@H](COC(=O)CCC/C=C\C/C=C\C/C=C\CCCCCCCC)OC(=O)CCCCCCCCC/C=C\CCCCCC. The minimum absolute atomic E-state index is 0.0958. The lowest BCUT2D eigenvalue weighted by Crippen LogP contribution is -2.30. The van der Waals surface area contributed by atoms with E-state index in [1.54, 1.807) is 0 Å². The molecule has 0 spiro atoms. The average molecular weight is 853 g/mol. The van der Waals surface area contributed by atoms with Crippen LogP contribution in [0.3, 0.4) is 0 Å². The van der Waals surface area contributed by atoms with E-state index in [0.717, 1.165) is 64.2 Å². The highest BCUT2D eigenvalue weighted by Crippen LogP contribution is 2.14. The Morgan fingerprint density at radius 2 is 0.623 bits per heavy atom. The van der Waals surface area contributed by atoms with Crippen LogP contribution in [0.25, 0.3) is 0 Å². The van der Waals surface area contributed by atoms with Crippen molar-refractivity contribution >= 4 is 17.9 Å². The first-order valence-corrected chi connectivity index (χ1v) is 25.8. The van der Waals surface area contributed by atoms with E-state index >= 15 is 0 Å². The van der Waals surface area contributed by atoms with Crippen LogP contribution in [0.2, 0.25) is 0 Å². The fourth-order valence-corrected chi connectivity index (χ4v) is 7.02. The first-order valence-electron chi connectivity index (χ1n) is 25.8. The monoisotopic (exact) mass is 853 g/mol. The number of hydrogen-bond donors (Lipinski definition) is 0. The predicted molar refractivity (Wildman–Crippen MR) is 261 cm³/mol. The van der Waals surface area contributed by atoms with Gasteiger partial charge in [-0.2, -0.15) is 0 Å². The Morgan fingerprint density at radius 1 is 0.328 bits per heavy atom. The molecule has 0 aromatic rings. The van der Waals surface area contributed by atoms with Gasteiger partial charge in [0.05, 0.1) is 0 Å². The van der Waals surface area contributed by atoms with Gasteiger partial charge in [0, 0.05) is 19.3 Å². The van der Waals surface area contributed by atoms with Crippen molar-refractivity contribution in [3.63, 3.8) is 0 Å². The van der Waals surface area contributed by atoms with Gasteiger partial charge in [0.2, 0.25) is 0 Å². The normalized spacial score (nSPS) is 12.5. The molecule has 0 fully saturated rings. The van der Waals surface area contributed by atoms with Crippen molar-refractivity contribution < 1.29 is 28.6 Å². The zero-order valence-electron chi connectivity index (χ0n) is 40.2. The molecule has 0 aromatic carbocycles. The van der Waals surface area contributed by atoms with E-state index in [0.29, 0.717) is 19.3 Å². The second-order valence-corrected chi connectivity index (χ2v) is 17.1. The fourth-order valence-electron chi connectivity index (χ4n) is 7.02. The highest BCUT2D eigenvalue weighted by molar-refractivity contribution is 5.71. The van der Waals surface area contributed by atoms with E-state index in [1.807, 2.05) is 0 Å². The zero-order chi connectivity index (χ0) is 44.4. The van der Waals surface area contributed by atoms with Crippen LogP contribution in [-0.4, -0.2) is 37.2 Å². The number of carbonyl (C=O) groups excluding carboxylic acids is 3. The van der Waals surface area contributed by atoms with Crippen molar-refractivity contribution in [2.45, 2.75) is 258 Å². The summed E-state index contributed by atoms with van der Waals surface area (Å²) in [6.45, 7) is 6.53. The van der Waals surface area contributed by atoms with Crippen LogP contribution in [0, 0.1) is 0 Å². The summed E-state index contributed by atoms with van der Waals surface area (Å²) in [6.07, 6.45) is 60.6. The van der Waals surface area contributed by atoms with E-state index < -0.39 is 6.10 Å². The Morgan fingerprint density at radius 3 is 1.07 bits per heavy atom. The van der Waals surface area contributed by atoms with Crippen molar-refractivity contribution in [1.82, 2.24) is 0 Å². The average Bonchev–Trinajstić information content (AvgIpc) is 3.26. The molecule has 0 rings (SSSR count). The molecule has 0 radical (unpaired) electrons. The van der Waals surface area contributed by atoms with Gasteiger partial charge in [-0.15, -0.1) is 0 Å². The zero-order valence-corrected chi connectivity index (χ0v) is 40.2. The minimum atomic E-state index is -0.798. The minimum Gasteiger partial charge on any atom is -0.462 e. The molecule has 0 aliphatic rings. The topological polar surface area (TPSA) is 78.9 Å². The Labute approximate surface area is 377 Å². The molecule has 0 unspecified atom stereocenters. The molecule has 0 saturated carbocycles. The van der Waals surface area contributed by atoms with Crippen LogP contribution in [-0.2, 0) is 28.6 Å². The maximum atomic E-state index is 12.8. The number of allylic oxidation sites excluding steroid dienone is 10. The van der Waals surface area contributed by atoms with E-state index in [4.69, 9.17) is 14.2 Å². The van der Waals surface area contributed by atoms with Crippen molar-refractivity contribution in [1.29, 1.82) is 0 Å². The standard InChI is InChI=1S/C55H96O6/c1-4-7-10-13-16-19-22-24-26-27-29-30-33-36-39-42-45-48-54(57)60-51-52(50-59-53(56)47-44-41-38-35-32-21-18-15-12-9-6-3)61-55(58)49-46-43-40-37-34-31-28-25-23-20-17-14-11-8-5-2/h15,18,20,23-24,26,29-30,36,39,52H,4-14,16-17,19,21-22,25,27-28,31-35,37-38,40-51H2,1-3H3/b18-15-,23-20-,26-24-,30-29-,39-36-/t52-/m0/s1. The van der Waals surface area contributed by atoms with E-state index in [1.165, 1.54) is 141 Å². The van der Waals surface area contributed by atoms with Gasteiger partial charge < -0.3 is 14.2 Å². The quantitative estimate of drug-likeness (QED) is 0.0263. The lowest BCUT2D eigenvalue weighted by molar-refractivity contribution is -0.167. The van der Waals surface area contributed by atoms with Crippen LogP contribution in [0.4, 0.5) is 0 Å². The smallest absolute Gasteiger partial charge is 0.306 e. The van der Waals surface area contributed by atoms with Gasteiger partial charge in [-0.05, 0) is 96.3 Å². The van der Waals surface area contributed by atoms with Crippen molar-refractivity contribution in [3.05, 3.63) is 60.8 Å². The lowest BCUT2D eigenvalue weighted by atomic mass is 10.1. The molecular formula is C55H96O6. The number of ether oxygens (including phenoxy) is 3. The predicted octanol–water partition coefficient (Wildman–Crippen LogP) is 16.9. The van der Waals surface area contributed by atoms with E-state index in [2.05, 4.69) is 81.5 Å². The summed E-state index contributed by atoms with van der Waals surface area (Å²) < 4.78 is 16.7. The molecule has 352 valence electrons. The molecule has 6 nitrogen and oxygen atoms in total. The molecule has 0 N–H and O–H groups in total. The van der Waals surface area contributed by atoms with Gasteiger partial charge in [-0.1, -0.05) is 197 Å². The summed E-state index contributed by atoms with van der Waals surface area (Å²) in [7, 11) is 0. The molecule has 1 atom stereocenters. The van der Waals surface area contributed by atoms with Gasteiger partial charge in [-0.3, -0.25) is 14.4 Å². The van der Waals surface area contributed by atoms with Gasteiger partial charge in [0.1, 0.15) is 13.2 Å². The van der Waals surface area contributed by atoms with Crippen LogP contribution in [0.15, 0.2) is 60.8 Å². The third-order valence-corrected chi connectivity index (χ3v) is 11.0. The molecule has 0 heterocycles. The van der Waals surface area contributed by atoms with E-state index in [9.17, 15) is 14.4 Å². The Kier molecular flexibility index (Phi) is 47.4. The molecule has 0 bridgehead atoms. The van der Waals surface area contributed by atoms with Gasteiger partial charge >= 0.3 is 17.9 Å². The van der Waals surface area contributed by atoms with Crippen molar-refractivity contribution in [2.75, 3.05) is 13.2 Å². The molecule has 61 heavy (non-hydrogen) atoms. The first kappa shape index (κ1) is 58.1. The maximum Gasteiger partial charge on any atom is 0.306 e. The summed E-state index contributed by atoms with van der Waals surface area (Å²) >= 11 is 0. The molecule has 0 aromatic heterocycles. The summed E-state index contributed by atoms with van der Waals surface area (Å²) in [5.74, 6) is -0.961.